The Morgan fingerprint density at radius 3 is 2.36 bits per heavy atom. The topological polar surface area (TPSA) is 17.1 Å². The van der Waals surface area contributed by atoms with Gasteiger partial charge in [0.15, 0.2) is 5.12 Å². The molecule has 0 saturated heterocycles. The van der Waals surface area contributed by atoms with E-state index in [1.807, 2.05) is 0 Å². The molecule has 0 rings (SSSR count). The quantitative estimate of drug-likeness (QED) is 0.623. The van der Waals surface area contributed by atoms with E-state index in [1.54, 1.807) is 0 Å². The summed E-state index contributed by atoms with van der Waals surface area (Å²) in [6.45, 7) is 0.600. The van der Waals surface area contributed by atoms with E-state index >= 15 is 0 Å². The van der Waals surface area contributed by atoms with E-state index in [-0.39, 0.29) is 18.0 Å². The summed E-state index contributed by atoms with van der Waals surface area (Å²) in [4.78, 5) is 10.5. The zero-order chi connectivity index (χ0) is 11.0. The van der Waals surface area contributed by atoms with Crippen molar-refractivity contribution >= 4 is 16.9 Å². The lowest BCUT2D eigenvalue weighted by Crippen LogP contribution is -2.18. The number of thioether (sulfide) groups is 1. The van der Waals surface area contributed by atoms with Crippen molar-refractivity contribution in [2.24, 2.45) is 0 Å². The van der Waals surface area contributed by atoms with Crippen LogP contribution in [0.15, 0.2) is 0 Å². The first-order valence-electron chi connectivity index (χ1n) is 4.55. The van der Waals surface area contributed by atoms with Crippen molar-refractivity contribution in [1.29, 1.82) is 0 Å². The highest BCUT2D eigenvalue weighted by Crippen LogP contribution is 2.16. The minimum absolute atomic E-state index is 0.0269. The molecule has 0 saturated carbocycles. The van der Waals surface area contributed by atoms with Crippen molar-refractivity contribution in [2.45, 2.75) is 38.5 Å². The van der Waals surface area contributed by atoms with E-state index in [4.69, 9.17) is 0 Å². The Morgan fingerprint density at radius 2 is 1.86 bits per heavy atom. The van der Waals surface area contributed by atoms with Gasteiger partial charge in [-0.05, 0) is 12.8 Å². The first-order chi connectivity index (χ1) is 6.57. The number of rotatable bonds is 7. The molecule has 84 valence electrons. The largest absolute Gasteiger partial charge is 0.288 e. The van der Waals surface area contributed by atoms with Crippen LogP contribution >= 0.6 is 11.8 Å². The second-order valence-corrected chi connectivity index (χ2v) is 4.26. The Morgan fingerprint density at radius 1 is 1.29 bits per heavy atom. The smallest absolute Gasteiger partial charge is 0.185 e. The van der Waals surface area contributed by atoms with Gasteiger partial charge in [-0.25, -0.2) is 8.78 Å². The zero-order valence-corrected chi connectivity index (χ0v) is 8.96. The monoisotopic (exact) mass is 228 g/mol. The molecular formula is C9H15F3OS. The van der Waals surface area contributed by atoms with Crippen molar-refractivity contribution in [3.05, 3.63) is 0 Å². The molecule has 0 aliphatic rings. The van der Waals surface area contributed by atoms with Crippen LogP contribution in [0.25, 0.3) is 0 Å². The Hall–Kier alpha value is -0.190. The molecule has 14 heavy (non-hydrogen) atoms. The Bertz CT molecular complexity index is 166. The van der Waals surface area contributed by atoms with Crippen LogP contribution in [0.3, 0.4) is 0 Å². The van der Waals surface area contributed by atoms with Crippen molar-refractivity contribution in [3.63, 3.8) is 0 Å². The van der Waals surface area contributed by atoms with Gasteiger partial charge in [-0.2, -0.15) is 0 Å². The van der Waals surface area contributed by atoms with Gasteiger partial charge in [0.05, 0.1) is 6.67 Å². The van der Waals surface area contributed by atoms with Crippen LogP contribution in [0.1, 0.15) is 26.2 Å². The highest BCUT2D eigenvalue weighted by atomic mass is 32.2. The molecule has 0 amide bonds. The highest BCUT2D eigenvalue weighted by Gasteiger charge is 2.19. The van der Waals surface area contributed by atoms with Gasteiger partial charge in [0.25, 0.3) is 0 Å². The highest BCUT2D eigenvalue weighted by molar-refractivity contribution is 8.13. The number of hydrogen-bond acceptors (Lipinski definition) is 2. The summed E-state index contributed by atoms with van der Waals surface area (Å²) >= 11 is 1.10. The van der Waals surface area contributed by atoms with Crippen LogP contribution in [-0.2, 0) is 4.79 Å². The molecule has 0 radical (unpaired) electrons. The van der Waals surface area contributed by atoms with Gasteiger partial charge >= 0.3 is 0 Å². The van der Waals surface area contributed by atoms with Gasteiger partial charge in [-0.1, -0.05) is 11.8 Å². The summed E-state index contributed by atoms with van der Waals surface area (Å²) in [6.07, 6.45) is -3.18. The zero-order valence-electron chi connectivity index (χ0n) is 8.14. The van der Waals surface area contributed by atoms with E-state index in [0.29, 0.717) is 12.2 Å². The van der Waals surface area contributed by atoms with Crippen LogP contribution in [-0.4, -0.2) is 29.9 Å². The summed E-state index contributed by atoms with van der Waals surface area (Å²) in [7, 11) is 0. The van der Waals surface area contributed by atoms with Crippen molar-refractivity contribution in [2.75, 3.05) is 12.4 Å². The molecular weight excluding hydrogens is 213 g/mol. The maximum atomic E-state index is 12.9. The van der Waals surface area contributed by atoms with E-state index in [0.717, 1.165) is 11.8 Å². The maximum Gasteiger partial charge on any atom is 0.185 e. The fourth-order valence-electron chi connectivity index (χ4n) is 0.960. The molecule has 1 nitrogen and oxygen atoms in total. The van der Waals surface area contributed by atoms with Gasteiger partial charge in [0.1, 0.15) is 12.3 Å². The molecule has 0 aromatic carbocycles. The maximum absolute atomic E-state index is 12.9. The molecule has 0 aliphatic carbocycles. The molecule has 2 unspecified atom stereocenters. The van der Waals surface area contributed by atoms with Gasteiger partial charge in [-0.15, -0.1) is 0 Å². The molecule has 5 heteroatoms. The third-order valence-electron chi connectivity index (χ3n) is 1.71. The summed E-state index contributed by atoms with van der Waals surface area (Å²) in [5.41, 5.74) is 0. The third-order valence-corrected chi connectivity index (χ3v) is 2.61. The van der Waals surface area contributed by atoms with Crippen LogP contribution in [0, 0.1) is 0 Å². The van der Waals surface area contributed by atoms with Crippen LogP contribution in [0.2, 0.25) is 0 Å². The summed E-state index contributed by atoms with van der Waals surface area (Å²) in [5.74, 6) is 0.498. The van der Waals surface area contributed by atoms with E-state index in [2.05, 4.69) is 0 Å². The Kier molecular flexibility index (Phi) is 8.04. The lowest BCUT2D eigenvalue weighted by Gasteiger charge is -2.11. The number of halogens is 3. The Labute approximate surface area is 86.4 Å². The van der Waals surface area contributed by atoms with Crippen LogP contribution in [0.5, 0.6) is 0 Å². The summed E-state index contributed by atoms with van der Waals surface area (Å²) < 4.78 is 37.2. The van der Waals surface area contributed by atoms with Crippen molar-refractivity contribution in [1.82, 2.24) is 0 Å². The normalized spacial score (nSPS) is 15.1. The average molecular weight is 228 g/mol. The second-order valence-electron chi connectivity index (χ2n) is 2.99. The average Bonchev–Trinajstić information content (AvgIpc) is 2.12. The van der Waals surface area contributed by atoms with Gasteiger partial charge in [0.2, 0.25) is 0 Å². The molecule has 0 fully saturated rings. The predicted octanol–water partition coefficient (Wildman–Crippen LogP) is 3.08. The summed E-state index contributed by atoms with van der Waals surface area (Å²) in [6, 6.07) is 0. The number of carbonyl (C=O) groups is 1. The molecule has 2 atom stereocenters. The molecule has 0 aromatic rings. The SMILES string of the molecule is CC(=O)SCCCC(F)C(F)CCF. The Balaban J connectivity index is 3.43. The number of alkyl halides is 3. The van der Waals surface area contributed by atoms with Crippen LogP contribution in [0.4, 0.5) is 13.2 Å². The van der Waals surface area contributed by atoms with Crippen LogP contribution < -0.4 is 0 Å². The lowest BCUT2D eigenvalue weighted by atomic mass is 10.1. The lowest BCUT2D eigenvalue weighted by molar-refractivity contribution is -0.109. The minimum Gasteiger partial charge on any atom is -0.288 e. The number of carbonyl (C=O) groups excluding carboxylic acids is 1. The van der Waals surface area contributed by atoms with Crippen molar-refractivity contribution < 1.29 is 18.0 Å². The molecule has 0 spiro atoms. The standard InChI is InChI=1S/C9H15F3OS/c1-7(13)14-6-2-3-8(11)9(12)4-5-10/h8-9H,2-6H2,1H3. The predicted molar refractivity (Wildman–Crippen MR) is 52.8 cm³/mol. The molecule has 0 heterocycles. The third kappa shape index (κ3) is 7.24. The van der Waals surface area contributed by atoms with E-state index in [1.165, 1.54) is 6.92 Å². The van der Waals surface area contributed by atoms with Crippen molar-refractivity contribution in [3.8, 4) is 0 Å². The first kappa shape index (κ1) is 13.8. The van der Waals surface area contributed by atoms with Gasteiger partial charge in [0, 0.05) is 19.1 Å². The van der Waals surface area contributed by atoms with Gasteiger partial charge in [-0.3, -0.25) is 9.18 Å². The fraction of sp³-hybridized carbons (Fsp3) is 0.889. The molecule has 0 N–H and O–H groups in total. The minimum atomic E-state index is -1.71. The molecule has 0 aromatic heterocycles. The van der Waals surface area contributed by atoms with Gasteiger partial charge < -0.3 is 0 Å². The van der Waals surface area contributed by atoms with E-state index in [9.17, 15) is 18.0 Å². The summed E-state index contributed by atoms with van der Waals surface area (Å²) in [5, 5.41) is -0.0269. The number of hydrogen-bond donors (Lipinski definition) is 0. The second kappa shape index (κ2) is 8.15. The van der Waals surface area contributed by atoms with E-state index < -0.39 is 19.0 Å². The molecule has 0 bridgehead atoms. The fourth-order valence-corrected chi connectivity index (χ4v) is 1.56. The molecule has 0 aliphatic heterocycles. The first-order valence-corrected chi connectivity index (χ1v) is 5.54.